The zero-order valence-electron chi connectivity index (χ0n) is 13.2. The Morgan fingerprint density at radius 3 is 2.75 bits per heavy atom. The molecular weight excluding hydrogens is 306 g/mol. The second-order valence-electron chi connectivity index (χ2n) is 5.37. The average Bonchev–Trinajstić information content (AvgIpc) is 2.88. The van der Waals surface area contributed by atoms with Crippen molar-refractivity contribution in [2.75, 3.05) is 4.90 Å². The summed E-state index contributed by atoms with van der Waals surface area (Å²) in [6.45, 7) is 2.05. The Labute approximate surface area is 139 Å². The van der Waals surface area contributed by atoms with Crippen LogP contribution in [0.25, 0.3) is 0 Å². The Kier molecular flexibility index (Phi) is 4.56. The van der Waals surface area contributed by atoms with Gasteiger partial charge in [0.05, 0.1) is 11.9 Å². The van der Waals surface area contributed by atoms with E-state index in [2.05, 4.69) is 10.3 Å². The lowest BCUT2D eigenvalue weighted by atomic mass is 10.2. The summed E-state index contributed by atoms with van der Waals surface area (Å²) in [5.74, 6) is -0.205. The predicted octanol–water partition coefficient (Wildman–Crippen LogP) is 2.63. The van der Waals surface area contributed by atoms with Gasteiger partial charge in [-0.2, -0.15) is 0 Å². The molecule has 6 heteroatoms. The fourth-order valence-corrected chi connectivity index (χ4v) is 2.43. The number of alkyl carbamates (subject to hydrolysis) is 1. The lowest BCUT2D eigenvalue weighted by Crippen LogP contribution is -2.40. The minimum absolute atomic E-state index is 0.205. The Morgan fingerprint density at radius 2 is 2.04 bits per heavy atom. The first-order chi connectivity index (χ1) is 11.6. The van der Waals surface area contributed by atoms with Crippen LogP contribution in [0.2, 0.25) is 0 Å². The highest BCUT2D eigenvalue weighted by Gasteiger charge is 2.34. The van der Waals surface area contributed by atoms with Crippen molar-refractivity contribution in [3.05, 3.63) is 72.1 Å². The molecule has 0 bridgehead atoms. The van der Waals surface area contributed by atoms with E-state index in [1.54, 1.807) is 37.5 Å². The molecule has 0 fully saturated rings. The van der Waals surface area contributed by atoms with Crippen molar-refractivity contribution < 1.29 is 14.3 Å². The van der Waals surface area contributed by atoms with Crippen LogP contribution in [-0.4, -0.2) is 23.2 Å². The molecule has 1 unspecified atom stereocenters. The molecule has 1 N–H and O–H groups in total. The number of benzene rings is 1. The smallest absolute Gasteiger partial charge is 0.409 e. The standard InChI is InChI=1S/C18H17N3O3/c1-13-10-16(21(17(13)22)15-8-5-9-19-12-15)24-18(23)20-11-14-6-3-2-4-7-14/h2-10,12,16H,11H2,1H3,(H,20,23). The minimum atomic E-state index is -0.780. The molecule has 0 aliphatic carbocycles. The van der Waals surface area contributed by atoms with Gasteiger partial charge in [-0.3, -0.25) is 14.7 Å². The van der Waals surface area contributed by atoms with Crippen LogP contribution in [0.15, 0.2) is 66.5 Å². The average molecular weight is 323 g/mol. The molecule has 0 radical (unpaired) electrons. The van der Waals surface area contributed by atoms with Gasteiger partial charge in [0, 0.05) is 18.3 Å². The number of ether oxygens (including phenoxy) is 1. The summed E-state index contributed by atoms with van der Waals surface area (Å²) in [7, 11) is 0. The SMILES string of the molecule is CC1=CC(OC(=O)NCc2ccccc2)N(c2cccnc2)C1=O. The first-order valence-corrected chi connectivity index (χ1v) is 7.55. The summed E-state index contributed by atoms with van der Waals surface area (Å²) in [4.78, 5) is 29.8. The summed E-state index contributed by atoms with van der Waals surface area (Å²) < 4.78 is 5.39. The number of aromatic nitrogens is 1. The molecule has 1 aliphatic rings. The highest BCUT2D eigenvalue weighted by Crippen LogP contribution is 2.25. The second kappa shape index (κ2) is 6.95. The number of nitrogens with one attached hydrogen (secondary N) is 1. The Bertz CT molecular complexity index is 760. The molecule has 1 atom stereocenters. The van der Waals surface area contributed by atoms with E-state index in [-0.39, 0.29) is 5.91 Å². The first kappa shape index (κ1) is 15.7. The van der Waals surface area contributed by atoms with Crippen molar-refractivity contribution >= 4 is 17.7 Å². The second-order valence-corrected chi connectivity index (χ2v) is 5.37. The number of pyridine rings is 1. The van der Waals surface area contributed by atoms with Crippen LogP contribution in [-0.2, 0) is 16.1 Å². The summed E-state index contributed by atoms with van der Waals surface area (Å²) in [6, 6.07) is 13.0. The molecule has 122 valence electrons. The Balaban J connectivity index is 1.66. The van der Waals surface area contributed by atoms with Crippen LogP contribution < -0.4 is 10.2 Å². The van der Waals surface area contributed by atoms with E-state index < -0.39 is 12.3 Å². The van der Waals surface area contributed by atoms with Crippen LogP contribution >= 0.6 is 0 Å². The Morgan fingerprint density at radius 1 is 1.25 bits per heavy atom. The third-order valence-electron chi connectivity index (χ3n) is 3.63. The van der Waals surface area contributed by atoms with Gasteiger partial charge in [-0.25, -0.2) is 4.79 Å². The maximum absolute atomic E-state index is 12.3. The third kappa shape index (κ3) is 3.43. The van der Waals surface area contributed by atoms with Crippen molar-refractivity contribution in [2.24, 2.45) is 0 Å². The van der Waals surface area contributed by atoms with Crippen LogP contribution in [0.1, 0.15) is 12.5 Å². The van der Waals surface area contributed by atoms with E-state index in [0.717, 1.165) is 5.56 Å². The zero-order chi connectivity index (χ0) is 16.9. The quantitative estimate of drug-likeness (QED) is 0.939. The molecule has 0 saturated carbocycles. The van der Waals surface area contributed by atoms with E-state index in [9.17, 15) is 9.59 Å². The lowest BCUT2D eigenvalue weighted by Gasteiger charge is -2.24. The normalized spacial score (nSPS) is 16.7. The van der Waals surface area contributed by atoms with Crippen molar-refractivity contribution in [2.45, 2.75) is 19.7 Å². The van der Waals surface area contributed by atoms with Gasteiger partial charge in [-0.05, 0) is 30.7 Å². The van der Waals surface area contributed by atoms with Gasteiger partial charge in [0.1, 0.15) is 0 Å². The van der Waals surface area contributed by atoms with E-state index in [1.165, 1.54) is 4.90 Å². The molecule has 1 aromatic heterocycles. The van der Waals surface area contributed by atoms with Crippen LogP contribution in [0.4, 0.5) is 10.5 Å². The van der Waals surface area contributed by atoms with Crippen molar-refractivity contribution in [1.29, 1.82) is 0 Å². The molecule has 2 heterocycles. The van der Waals surface area contributed by atoms with Crippen LogP contribution in [0.3, 0.4) is 0 Å². The fourth-order valence-electron chi connectivity index (χ4n) is 2.43. The zero-order valence-corrected chi connectivity index (χ0v) is 13.2. The molecule has 6 nitrogen and oxygen atoms in total. The number of nitrogens with zero attached hydrogens (tertiary/aromatic N) is 2. The molecular formula is C18H17N3O3. The summed E-state index contributed by atoms with van der Waals surface area (Å²) in [5.41, 5.74) is 2.07. The highest BCUT2D eigenvalue weighted by molar-refractivity contribution is 6.08. The molecule has 1 aliphatic heterocycles. The lowest BCUT2D eigenvalue weighted by molar-refractivity contribution is -0.115. The number of anilines is 1. The van der Waals surface area contributed by atoms with Crippen molar-refractivity contribution in [1.82, 2.24) is 10.3 Å². The largest absolute Gasteiger partial charge is 0.421 e. The van der Waals surface area contributed by atoms with Crippen LogP contribution in [0.5, 0.6) is 0 Å². The molecule has 2 aromatic rings. The molecule has 0 saturated heterocycles. The van der Waals surface area contributed by atoms with E-state index in [1.807, 2.05) is 30.3 Å². The summed E-state index contributed by atoms with van der Waals surface area (Å²) in [6.07, 6.45) is 3.43. The van der Waals surface area contributed by atoms with Gasteiger partial charge in [-0.1, -0.05) is 30.3 Å². The van der Waals surface area contributed by atoms with Gasteiger partial charge in [0.15, 0.2) is 0 Å². The van der Waals surface area contributed by atoms with Gasteiger partial charge < -0.3 is 10.1 Å². The number of hydrogen-bond acceptors (Lipinski definition) is 4. The van der Waals surface area contributed by atoms with Gasteiger partial charge in [0.2, 0.25) is 6.23 Å². The Hall–Kier alpha value is -3.15. The van der Waals surface area contributed by atoms with Crippen LogP contribution in [0, 0.1) is 0 Å². The molecule has 3 rings (SSSR count). The number of hydrogen-bond donors (Lipinski definition) is 1. The first-order valence-electron chi connectivity index (χ1n) is 7.55. The van der Waals surface area contributed by atoms with Crippen molar-refractivity contribution in [3.63, 3.8) is 0 Å². The molecule has 1 aromatic carbocycles. The number of carbonyl (C=O) groups is 2. The van der Waals surface area contributed by atoms with Crippen molar-refractivity contribution in [3.8, 4) is 0 Å². The van der Waals surface area contributed by atoms with Gasteiger partial charge in [0.25, 0.3) is 5.91 Å². The predicted molar refractivity (Wildman–Crippen MR) is 89.0 cm³/mol. The van der Waals surface area contributed by atoms with E-state index >= 15 is 0 Å². The van der Waals surface area contributed by atoms with Gasteiger partial charge >= 0.3 is 6.09 Å². The fraction of sp³-hybridized carbons (Fsp3) is 0.167. The molecule has 24 heavy (non-hydrogen) atoms. The number of carbonyl (C=O) groups excluding carboxylic acids is 2. The highest BCUT2D eigenvalue weighted by atomic mass is 16.6. The van der Waals surface area contributed by atoms with E-state index in [4.69, 9.17) is 4.74 Å². The summed E-state index contributed by atoms with van der Waals surface area (Å²) in [5, 5.41) is 2.68. The molecule has 0 spiro atoms. The van der Waals surface area contributed by atoms with Gasteiger partial charge in [-0.15, -0.1) is 0 Å². The number of rotatable bonds is 4. The minimum Gasteiger partial charge on any atom is -0.421 e. The third-order valence-corrected chi connectivity index (χ3v) is 3.63. The topological polar surface area (TPSA) is 71.5 Å². The maximum Gasteiger partial charge on any atom is 0.409 e. The summed E-state index contributed by atoms with van der Waals surface area (Å²) >= 11 is 0. The maximum atomic E-state index is 12.3. The number of amides is 2. The molecule has 2 amide bonds. The van der Waals surface area contributed by atoms with E-state index in [0.29, 0.717) is 17.8 Å². The monoisotopic (exact) mass is 323 g/mol.